The Morgan fingerprint density at radius 1 is 1.11 bits per heavy atom. The largest absolute Gasteiger partial charge is 0.417 e. The van der Waals surface area contributed by atoms with E-state index >= 15 is 4.39 Å². The van der Waals surface area contributed by atoms with Crippen molar-refractivity contribution in [2.24, 2.45) is 0 Å². The molecule has 1 fully saturated rings. The number of alkyl halides is 3. The molecule has 1 amide bonds. The number of benzene rings is 2. The van der Waals surface area contributed by atoms with Crippen molar-refractivity contribution in [1.29, 1.82) is 0 Å². The average molecular weight is 676 g/mol. The summed E-state index contributed by atoms with van der Waals surface area (Å²) < 4.78 is 75.5. The first-order chi connectivity index (χ1) is 21.8. The predicted octanol–water partition coefficient (Wildman–Crippen LogP) is 6.91. The number of rotatable bonds is 4. The van der Waals surface area contributed by atoms with E-state index in [-0.39, 0.29) is 65.0 Å². The first-order valence-corrected chi connectivity index (χ1v) is 15.7. The summed E-state index contributed by atoms with van der Waals surface area (Å²) in [6.07, 6.45) is -0.785. The molecule has 6 rings (SSSR count). The van der Waals surface area contributed by atoms with Gasteiger partial charge in [-0.05, 0) is 49.8 Å². The number of piperazine rings is 1. The fourth-order valence-corrected chi connectivity index (χ4v) is 8.17. The van der Waals surface area contributed by atoms with Gasteiger partial charge in [-0.25, -0.2) is 13.6 Å². The van der Waals surface area contributed by atoms with Crippen LogP contribution in [0, 0.1) is 11.6 Å². The van der Waals surface area contributed by atoms with Crippen LogP contribution in [0.1, 0.15) is 30.9 Å². The van der Waals surface area contributed by atoms with E-state index in [1.54, 1.807) is 29.7 Å². The molecule has 0 bridgehead atoms. The number of carbonyl (C=O) groups is 1. The average Bonchev–Trinajstić information content (AvgIpc) is 3.19. The quantitative estimate of drug-likeness (QED) is 0.173. The lowest BCUT2D eigenvalue weighted by Crippen LogP contribution is -2.58. The van der Waals surface area contributed by atoms with Crippen LogP contribution in [0.5, 0.6) is 0 Å². The van der Waals surface area contributed by atoms with Crippen molar-refractivity contribution < 1.29 is 26.7 Å². The minimum absolute atomic E-state index is 0.0188. The molecule has 2 aromatic carbocycles. The molecule has 2 aromatic heterocycles. The molecule has 240 valence electrons. The summed E-state index contributed by atoms with van der Waals surface area (Å²) in [5.41, 5.74) is -2.01. The molecule has 0 spiro atoms. The van der Waals surface area contributed by atoms with Crippen molar-refractivity contribution >= 4 is 46.0 Å². The van der Waals surface area contributed by atoms with E-state index in [1.807, 2.05) is 0 Å². The van der Waals surface area contributed by atoms with E-state index < -0.39 is 46.1 Å². The molecular weight excluding hydrogens is 649 g/mol. The Kier molecular flexibility index (Phi) is 8.34. The van der Waals surface area contributed by atoms with Gasteiger partial charge in [0.1, 0.15) is 17.5 Å². The molecule has 3 atom stereocenters. The highest BCUT2D eigenvalue weighted by Gasteiger charge is 2.40. The standard InChI is InChI=1S/C32H27ClF5N5O2S/c1-4-26(44)43-16(2)12-41(13-17(43)3)30-22-10-23(32(36,37)38)27(21-6-5-19(34)9-25(21)35)29-28(22)42(31(45)40-30)14-18(15-46-29)20-7-8-39-11-24(20)33/h4-11,16-18H,1,12-15H2,2-3H3/t16-,17+,18-/m0/s1. The van der Waals surface area contributed by atoms with E-state index in [1.165, 1.54) is 23.0 Å². The molecule has 7 nitrogen and oxygen atoms in total. The van der Waals surface area contributed by atoms with E-state index in [0.29, 0.717) is 16.7 Å². The Morgan fingerprint density at radius 2 is 1.83 bits per heavy atom. The van der Waals surface area contributed by atoms with E-state index in [0.717, 1.165) is 30.0 Å². The molecule has 0 radical (unpaired) electrons. The number of halogens is 6. The lowest BCUT2D eigenvalue weighted by atomic mass is 9.95. The highest BCUT2D eigenvalue weighted by Crippen LogP contribution is 2.50. The van der Waals surface area contributed by atoms with E-state index in [4.69, 9.17) is 11.6 Å². The van der Waals surface area contributed by atoms with Crippen molar-refractivity contribution in [3.8, 4) is 11.1 Å². The number of carbonyl (C=O) groups excluding carboxylic acids is 1. The van der Waals surface area contributed by atoms with Gasteiger partial charge < -0.3 is 9.80 Å². The van der Waals surface area contributed by atoms with Crippen molar-refractivity contribution in [2.45, 2.75) is 49.5 Å². The lowest BCUT2D eigenvalue weighted by molar-refractivity contribution is -0.137. The van der Waals surface area contributed by atoms with Crippen LogP contribution in [0.2, 0.25) is 5.02 Å². The molecule has 4 heterocycles. The zero-order chi connectivity index (χ0) is 33.1. The second kappa shape index (κ2) is 12.0. The maximum atomic E-state index is 15.3. The van der Waals surface area contributed by atoms with E-state index in [9.17, 15) is 27.2 Å². The zero-order valence-corrected chi connectivity index (χ0v) is 26.2. The lowest BCUT2D eigenvalue weighted by Gasteiger charge is -2.44. The van der Waals surface area contributed by atoms with Gasteiger partial charge in [-0.1, -0.05) is 18.2 Å². The third-order valence-corrected chi connectivity index (χ3v) is 10.00. The smallest absolute Gasteiger partial charge is 0.352 e. The third kappa shape index (κ3) is 5.53. The van der Waals surface area contributed by atoms with Crippen LogP contribution in [0.3, 0.4) is 0 Å². The van der Waals surface area contributed by atoms with Crippen molar-refractivity contribution in [2.75, 3.05) is 23.7 Å². The number of amides is 1. The normalized spacial score (nSPS) is 20.1. The van der Waals surface area contributed by atoms with E-state index in [2.05, 4.69) is 16.5 Å². The Morgan fingerprint density at radius 3 is 2.46 bits per heavy atom. The van der Waals surface area contributed by atoms with Gasteiger partial charge in [0.05, 0.1) is 16.1 Å². The highest BCUT2D eigenvalue weighted by atomic mass is 35.5. The molecule has 46 heavy (non-hydrogen) atoms. The Hall–Kier alpha value is -3.97. The number of nitrogens with zero attached hydrogens (tertiary/aromatic N) is 5. The minimum Gasteiger partial charge on any atom is -0.352 e. The van der Waals surface area contributed by atoms with Gasteiger partial charge in [0.25, 0.3) is 0 Å². The molecule has 0 unspecified atom stereocenters. The van der Waals surface area contributed by atoms with Crippen molar-refractivity contribution in [3.05, 3.63) is 93.6 Å². The summed E-state index contributed by atoms with van der Waals surface area (Å²) in [7, 11) is 0. The van der Waals surface area contributed by atoms with Gasteiger partial charge in [-0.15, -0.1) is 11.8 Å². The summed E-state index contributed by atoms with van der Waals surface area (Å²) >= 11 is 7.50. The number of aromatic nitrogens is 3. The van der Waals surface area contributed by atoms with Crippen molar-refractivity contribution in [1.82, 2.24) is 19.4 Å². The van der Waals surface area contributed by atoms with Crippen LogP contribution < -0.4 is 10.6 Å². The van der Waals surface area contributed by atoms with Crippen LogP contribution >= 0.6 is 23.4 Å². The molecule has 4 aromatic rings. The zero-order valence-electron chi connectivity index (χ0n) is 24.6. The number of hydrogen-bond donors (Lipinski definition) is 0. The number of anilines is 1. The van der Waals surface area contributed by atoms with Gasteiger partial charge in [0.2, 0.25) is 5.91 Å². The van der Waals surface area contributed by atoms with Crippen molar-refractivity contribution in [3.63, 3.8) is 0 Å². The monoisotopic (exact) mass is 675 g/mol. The first kappa shape index (κ1) is 32.0. The molecule has 14 heteroatoms. The molecule has 2 aliphatic rings. The molecule has 1 saturated heterocycles. The predicted molar refractivity (Wildman–Crippen MR) is 167 cm³/mol. The highest BCUT2D eigenvalue weighted by molar-refractivity contribution is 7.99. The number of hydrogen-bond acceptors (Lipinski definition) is 6. The van der Waals surface area contributed by atoms with Gasteiger partial charge in [-0.2, -0.15) is 18.2 Å². The summed E-state index contributed by atoms with van der Waals surface area (Å²) in [6.45, 7) is 7.54. The summed E-state index contributed by atoms with van der Waals surface area (Å²) in [5.74, 6) is -2.64. The fraction of sp³-hybridized carbons (Fsp3) is 0.312. The second-order valence-electron chi connectivity index (χ2n) is 11.4. The van der Waals surface area contributed by atoms with Gasteiger partial charge >= 0.3 is 11.9 Å². The molecule has 0 aliphatic carbocycles. The molecule has 2 aliphatic heterocycles. The summed E-state index contributed by atoms with van der Waals surface area (Å²) in [5, 5.41) is 0.369. The number of pyridine rings is 1. The molecule has 0 N–H and O–H groups in total. The minimum atomic E-state index is -4.96. The van der Waals surface area contributed by atoms with Crippen LogP contribution in [0.15, 0.2) is 65.1 Å². The Balaban J connectivity index is 1.65. The second-order valence-corrected chi connectivity index (χ2v) is 12.9. The summed E-state index contributed by atoms with van der Waals surface area (Å²) in [6, 6.07) is 4.22. The Labute approximate surface area is 269 Å². The van der Waals surface area contributed by atoms with Crippen LogP contribution in [0.25, 0.3) is 22.0 Å². The molecule has 0 saturated carbocycles. The SMILES string of the molecule is C=CC(=O)N1[C@H](C)CN(c2nc(=O)n3c4c(c(-c5ccc(F)cc5F)c(C(F)(F)F)cc24)SC[C@@H](c2ccncc2Cl)C3)C[C@@H]1C. The maximum absolute atomic E-state index is 15.3. The molecular formula is C32H27ClF5N5O2S. The Bertz CT molecular complexity index is 1940. The maximum Gasteiger partial charge on any atom is 0.417 e. The van der Waals surface area contributed by atoms with Gasteiger partial charge in [-0.3, -0.25) is 14.3 Å². The van der Waals surface area contributed by atoms with Crippen LogP contribution in [0.4, 0.5) is 27.8 Å². The topological polar surface area (TPSA) is 71.3 Å². The fourth-order valence-electron chi connectivity index (χ4n) is 6.53. The first-order valence-electron chi connectivity index (χ1n) is 14.4. The summed E-state index contributed by atoms with van der Waals surface area (Å²) in [4.78, 5) is 38.1. The van der Waals surface area contributed by atoms with Gasteiger partial charge in [0.15, 0.2) is 0 Å². The van der Waals surface area contributed by atoms with Crippen LogP contribution in [-0.2, 0) is 17.5 Å². The van der Waals surface area contributed by atoms with Crippen LogP contribution in [-0.4, -0.2) is 56.3 Å². The number of thioether (sulfide) groups is 1. The van der Waals surface area contributed by atoms with Gasteiger partial charge in [0, 0.05) is 83.3 Å². The third-order valence-electron chi connectivity index (χ3n) is 8.43.